The van der Waals surface area contributed by atoms with Gasteiger partial charge in [-0.05, 0) is 55.5 Å². The third kappa shape index (κ3) is 3.23. The molecule has 0 aromatic heterocycles. The first kappa shape index (κ1) is 12.6. The number of hydrogen-bond acceptors (Lipinski definition) is 1. The maximum absolute atomic E-state index is 5.25. The summed E-state index contributed by atoms with van der Waals surface area (Å²) in [6, 6.07) is 4.22. The fraction of sp³-hybridized carbons (Fsp3) is 0.538. The molecule has 84 valence electrons. The molecule has 0 fully saturated rings. The van der Waals surface area contributed by atoms with Crippen LogP contribution in [0.25, 0.3) is 0 Å². The number of rotatable bonds is 4. The monoisotopic (exact) mass is 270 g/mol. The first-order valence-corrected chi connectivity index (χ1v) is 6.28. The van der Waals surface area contributed by atoms with Gasteiger partial charge in [-0.3, -0.25) is 0 Å². The minimum atomic E-state index is 0.572. The van der Waals surface area contributed by atoms with Crippen LogP contribution in [0.15, 0.2) is 12.1 Å². The summed E-state index contributed by atoms with van der Waals surface area (Å²) in [5.41, 5.74) is 4.09. The largest absolute Gasteiger partial charge is 0.497 e. The summed E-state index contributed by atoms with van der Waals surface area (Å²) in [5.74, 6) is 0.955. The van der Waals surface area contributed by atoms with E-state index in [9.17, 15) is 0 Å². The van der Waals surface area contributed by atoms with Crippen molar-refractivity contribution >= 4 is 15.9 Å². The molecule has 0 aliphatic rings. The summed E-state index contributed by atoms with van der Waals surface area (Å²) in [4.78, 5) is 0.572. The van der Waals surface area contributed by atoms with Gasteiger partial charge in [0.05, 0.1) is 7.11 Å². The Bertz CT molecular complexity index is 310. The number of halogens is 1. The maximum atomic E-state index is 5.25. The Kier molecular flexibility index (Phi) is 4.65. The zero-order chi connectivity index (χ0) is 11.4. The van der Waals surface area contributed by atoms with Crippen molar-refractivity contribution < 1.29 is 4.74 Å². The first-order chi connectivity index (χ1) is 7.08. The van der Waals surface area contributed by atoms with Crippen molar-refractivity contribution in [2.75, 3.05) is 7.11 Å². The molecule has 0 spiro atoms. The highest BCUT2D eigenvalue weighted by molar-refractivity contribution is 9.09. The summed E-state index contributed by atoms with van der Waals surface area (Å²) in [6.45, 7) is 6.51. The van der Waals surface area contributed by atoms with E-state index in [0.717, 1.165) is 18.6 Å². The van der Waals surface area contributed by atoms with Crippen LogP contribution in [-0.2, 0) is 6.42 Å². The highest BCUT2D eigenvalue weighted by atomic mass is 79.9. The molecule has 2 heteroatoms. The van der Waals surface area contributed by atoms with E-state index in [-0.39, 0.29) is 0 Å². The second kappa shape index (κ2) is 5.55. The SMILES string of the molecule is CCC(Br)Cc1c(C)cc(OC)cc1C. The van der Waals surface area contributed by atoms with Gasteiger partial charge in [0.2, 0.25) is 0 Å². The Morgan fingerprint density at radius 2 is 1.80 bits per heavy atom. The summed E-state index contributed by atoms with van der Waals surface area (Å²) in [7, 11) is 1.72. The molecule has 0 N–H and O–H groups in total. The van der Waals surface area contributed by atoms with Gasteiger partial charge in [0.15, 0.2) is 0 Å². The molecule has 1 atom stereocenters. The van der Waals surface area contributed by atoms with Crippen LogP contribution < -0.4 is 4.74 Å². The highest BCUT2D eigenvalue weighted by Crippen LogP contribution is 2.24. The van der Waals surface area contributed by atoms with Crippen LogP contribution >= 0.6 is 15.9 Å². The topological polar surface area (TPSA) is 9.23 Å². The van der Waals surface area contributed by atoms with Crippen molar-refractivity contribution in [3.8, 4) is 5.75 Å². The zero-order valence-corrected chi connectivity index (χ0v) is 11.5. The molecule has 0 radical (unpaired) electrons. The van der Waals surface area contributed by atoms with Crippen LogP contribution in [0.2, 0.25) is 0 Å². The average molecular weight is 271 g/mol. The van der Waals surface area contributed by atoms with Gasteiger partial charge in [-0.1, -0.05) is 22.9 Å². The highest BCUT2D eigenvalue weighted by Gasteiger charge is 2.09. The Morgan fingerprint density at radius 1 is 1.27 bits per heavy atom. The van der Waals surface area contributed by atoms with Crippen molar-refractivity contribution in [2.45, 2.75) is 38.4 Å². The van der Waals surface area contributed by atoms with Gasteiger partial charge in [-0.25, -0.2) is 0 Å². The predicted molar refractivity (Wildman–Crippen MR) is 69.2 cm³/mol. The normalized spacial score (nSPS) is 12.6. The fourth-order valence-electron chi connectivity index (χ4n) is 1.76. The van der Waals surface area contributed by atoms with Crippen molar-refractivity contribution in [1.82, 2.24) is 0 Å². The van der Waals surface area contributed by atoms with E-state index in [0.29, 0.717) is 4.83 Å². The second-order valence-electron chi connectivity index (χ2n) is 3.95. The molecule has 0 saturated heterocycles. The molecule has 0 bridgehead atoms. The van der Waals surface area contributed by atoms with Gasteiger partial charge < -0.3 is 4.74 Å². The third-order valence-electron chi connectivity index (χ3n) is 2.77. The molecule has 0 heterocycles. The summed E-state index contributed by atoms with van der Waals surface area (Å²) in [5, 5.41) is 0. The lowest BCUT2D eigenvalue weighted by Gasteiger charge is -2.14. The molecule has 1 nitrogen and oxygen atoms in total. The van der Waals surface area contributed by atoms with E-state index >= 15 is 0 Å². The van der Waals surface area contributed by atoms with Gasteiger partial charge >= 0.3 is 0 Å². The molecule has 1 unspecified atom stereocenters. The number of alkyl halides is 1. The smallest absolute Gasteiger partial charge is 0.119 e. The summed E-state index contributed by atoms with van der Waals surface area (Å²) >= 11 is 3.69. The molecule has 0 aliphatic carbocycles. The quantitative estimate of drug-likeness (QED) is 0.751. The molecule has 0 saturated carbocycles. The number of benzene rings is 1. The van der Waals surface area contributed by atoms with Crippen molar-refractivity contribution in [1.29, 1.82) is 0 Å². The number of hydrogen-bond donors (Lipinski definition) is 0. The van der Waals surface area contributed by atoms with Crippen LogP contribution in [0.1, 0.15) is 30.0 Å². The number of aryl methyl sites for hydroxylation is 2. The zero-order valence-electron chi connectivity index (χ0n) is 9.93. The average Bonchev–Trinajstić information content (AvgIpc) is 2.22. The van der Waals surface area contributed by atoms with Crippen molar-refractivity contribution in [3.63, 3.8) is 0 Å². The van der Waals surface area contributed by atoms with E-state index in [1.54, 1.807) is 7.11 Å². The number of ether oxygens (including phenoxy) is 1. The first-order valence-electron chi connectivity index (χ1n) is 5.36. The molecule has 15 heavy (non-hydrogen) atoms. The lowest BCUT2D eigenvalue weighted by Crippen LogP contribution is -2.04. The third-order valence-corrected chi connectivity index (χ3v) is 3.75. The van der Waals surface area contributed by atoms with E-state index in [1.807, 2.05) is 0 Å². The van der Waals surface area contributed by atoms with Gasteiger partial charge in [0, 0.05) is 4.83 Å². The Hall–Kier alpha value is -0.500. The van der Waals surface area contributed by atoms with E-state index < -0.39 is 0 Å². The van der Waals surface area contributed by atoms with Crippen LogP contribution in [-0.4, -0.2) is 11.9 Å². The van der Waals surface area contributed by atoms with Crippen molar-refractivity contribution in [3.05, 3.63) is 28.8 Å². The minimum Gasteiger partial charge on any atom is -0.497 e. The van der Waals surface area contributed by atoms with E-state index in [4.69, 9.17) is 4.74 Å². The molecule has 0 aliphatic heterocycles. The van der Waals surface area contributed by atoms with Gasteiger partial charge in [0.25, 0.3) is 0 Å². The van der Waals surface area contributed by atoms with Crippen LogP contribution in [0.4, 0.5) is 0 Å². The predicted octanol–water partition coefficient (Wildman–Crippen LogP) is 4.03. The Labute approximate surface area is 101 Å². The Morgan fingerprint density at radius 3 is 2.20 bits per heavy atom. The molecular formula is C13H19BrO. The van der Waals surface area contributed by atoms with Crippen LogP contribution in [0, 0.1) is 13.8 Å². The van der Waals surface area contributed by atoms with E-state index in [2.05, 4.69) is 48.8 Å². The van der Waals surface area contributed by atoms with Gasteiger partial charge in [-0.15, -0.1) is 0 Å². The molecule has 1 aromatic rings. The summed E-state index contributed by atoms with van der Waals surface area (Å²) in [6.07, 6.45) is 2.25. The molecule has 0 amide bonds. The minimum absolute atomic E-state index is 0.572. The lowest BCUT2D eigenvalue weighted by atomic mass is 9.97. The van der Waals surface area contributed by atoms with E-state index in [1.165, 1.54) is 16.7 Å². The maximum Gasteiger partial charge on any atom is 0.119 e. The molecule has 1 aromatic carbocycles. The lowest BCUT2D eigenvalue weighted by molar-refractivity contribution is 0.414. The second-order valence-corrected chi connectivity index (χ2v) is 5.24. The standard InChI is InChI=1S/C13H19BrO/c1-5-11(14)8-13-9(2)6-12(15-4)7-10(13)3/h6-7,11H,5,8H2,1-4H3. The van der Waals surface area contributed by atoms with Crippen LogP contribution in [0.5, 0.6) is 5.75 Å². The van der Waals surface area contributed by atoms with Gasteiger partial charge in [0.1, 0.15) is 5.75 Å². The molecule has 1 rings (SSSR count). The van der Waals surface area contributed by atoms with Crippen molar-refractivity contribution in [2.24, 2.45) is 0 Å². The fourth-order valence-corrected chi connectivity index (χ4v) is 2.08. The number of methoxy groups -OCH3 is 1. The summed E-state index contributed by atoms with van der Waals surface area (Å²) < 4.78 is 5.25. The van der Waals surface area contributed by atoms with Gasteiger partial charge in [-0.2, -0.15) is 0 Å². The van der Waals surface area contributed by atoms with Crippen LogP contribution in [0.3, 0.4) is 0 Å². The Balaban J connectivity index is 2.98. The molecular weight excluding hydrogens is 252 g/mol.